The average molecular weight is 401 g/mol. The summed E-state index contributed by atoms with van der Waals surface area (Å²) >= 11 is 3.49. The van der Waals surface area contributed by atoms with Crippen LogP contribution in [0.3, 0.4) is 0 Å². The molecule has 3 rings (SSSR count). The highest BCUT2D eigenvalue weighted by atomic mass is 32.2. The number of fused-ring (bicyclic) bond motifs is 1. The molecule has 0 saturated carbocycles. The number of thioether (sulfide) groups is 2. The molecule has 2 aromatic carbocycles. The van der Waals surface area contributed by atoms with Crippen LogP contribution >= 0.6 is 23.5 Å². The van der Waals surface area contributed by atoms with Gasteiger partial charge in [-0.1, -0.05) is 29.8 Å². The summed E-state index contributed by atoms with van der Waals surface area (Å²) in [6.45, 7) is 3.38. The molecule has 2 aromatic rings. The fraction of sp³-hybridized carbons (Fsp3) is 0.333. The number of hydrogen-bond donors (Lipinski definition) is 1. The topological polar surface area (TPSA) is 49.4 Å². The van der Waals surface area contributed by atoms with Gasteiger partial charge in [0.2, 0.25) is 11.8 Å². The highest BCUT2D eigenvalue weighted by Gasteiger charge is 2.22. The number of carbonyl (C=O) groups excluding carboxylic acids is 2. The second-order valence-electron chi connectivity index (χ2n) is 6.37. The second kappa shape index (κ2) is 9.85. The van der Waals surface area contributed by atoms with Crippen LogP contribution in [0.25, 0.3) is 0 Å². The monoisotopic (exact) mass is 400 g/mol. The van der Waals surface area contributed by atoms with Crippen LogP contribution in [-0.2, 0) is 9.59 Å². The Bertz CT molecular complexity index is 793. The lowest BCUT2D eigenvalue weighted by Gasteiger charge is -2.29. The van der Waals surface area contributed by atoms with Gasteiger partial charge in [0, 0.05) is 47.2 Å². The van der Waals surface area contributed by atoms with Crippen molar-refractivity contribution >= 4 is 41.0 Å². The van der Waals surface area contributed by atoms with E-state index in [0.29, 0.717) is 13.1 Å². The first-order chi connectivity index (χ1) is 13.1. The van der Waals surface area contributed by atoms with Crippen LogP contribution in [0.15, 0.2) is 58.3 Å². The Morgan fingerprint density at radius 2 is 1.89 bits per heavy atom. The lowest BCUT2D eigenvalue weighted by molar-refractivity contribution is -0.125. The van der Waals surface area contributed by atoms with Crippen LogP contribution in [0.5, 0.6) is 0 Å². The number of hydrogen-bond acceptors (Lipinski definition) is 4. The number of rotatable bonds is 7. The molecule has 0 aliphatic carbocycles. The molecule has 1 N–H and O–H groups in total. The van der Waals surface area contributed by atoms with Crippen LogP contribution in [0.2, 0.25) is 0 Å². The summed E-state index contributed by atoms with van der Waals surface area (Å²) in [6.07, 6.45) is 0.482. The van der Waals surface area contributed by atoms with E-state index in [4.69, 9.17) is 0 Å². The number of amides is 2. The molecule has 0 atom stereocenters. The average Bonchev–Trinajstić information content (AvgIpc) is 2.70. The summed E-state index contributed by atoms with van der Waals surface area (Å²) in [4.78, 5) is 28.7. The highest BCUT2D eigenvalue weighted by molar-refractivity contribution is 7.99. The molecule has 1 aliphatic heterocycles. The first kappa shape index (κ1) is 19.8. The van der Waals surface area contributed by atoms with Crippen molar-refractivity contribution in [3.05, 3.63) is 54.1 Å². The van der Waals surface area contributed by atoms with Crippen molar-refractivity contribution < 1.29 is 9.59 Å². The molecule has 6 heteroatoms. The van der Waals surface area contributed by atoms with E-state index < -0.39 is 0 Å². The number of aryl methyl sites for hydroxylation is 1. The molecule has 0 unspecified atom stereocenters. The third kappa shape index (κ3) is 5.78. The van der Waals surface area contributed by atoms with Crippen molar-refractivity contribution in [1.29, 1.82) is 0 Å². The minimum absolute atomic E-state index is 0.0203. The third-order valence-corrected chi connectivity index (χ3v) is 6.37. The Hall–Kier alpha value is -1.92. The standard InChI is InChI=1S/C21H24N2O2S2/c1-16-6-8-17(9-7-16)26-14-12-22-20(24)10-11-21(25)23-13-15-27-19-5-3-2-4-18(19)23/h2-9H,10-15H2,1H3,(H,22,24). The minimum Gasteiger partial charge on any atom is -0.355 e. The van der Waals surface area contributed by atoms with Gasteiger partial charge in [-0.25, -0.2) is 0 Å². The molecule has 0 spiro atoms. The zero-order valence-corrected chi connectivity index (χ0v) is 17.1. The van der Waals surface area contributed by atoms with E-state index in [2.05, 4.69) is 36.5 Å². The molecule has 1 aliphatic rings. The Labute approximate surface area is 169 Å². The van der Waals surface area contributed by atoms with Crippen molar-refractivity contribution in [3.8, 4) is 0 Å². The van der Waals surface area contributed by atoms with Crippen molar-refractivity contribution in [1.82, 2.24) is 5.32 Å². The molecule has 0 saturated heterocycles. The summed E-state index contributed by atoms with van der Waals surface area (Å²) in [5.41, 5.74) is 2.21. The van der Waals surface area contributed by atoms with Gasteiger partial charge in [0.1, 0.15) is 0 Å². The molecule has 2 amide bonds. The van der Waals surface area contributed by atoms with E-state index in [-0.39, 0.29) is 24.7 Å². The lowest BCUT2D eigenvalue weighted by atomic mass is 10.2. The van der Waals surface area contributed by atoms with Gasteiger partial charge in [-0.2, -0.15) is 0 Å². The zero-order valence-electron chi connectivity index (χ0n) is 15.4. The number of anilines is 1. The number of carbonyl (C=O) groups is 2. The summed E-state index contributed by atoms with van der Waals surface area (Å²) in [7, 11) is 0. The maximum atomic E-state index is 12.5. The van der Waals surface area contributed by atoms with Gasteiger partial charge in [0.25, 0.3) is 0 Å². The van der Waals surface area contributed by atoms with Gasteiger partial charge in [0.15, 0.2) is 0 Å². The molecule has 0 radical (unpaired) electrons. The molecule has 27 heavy (non-hydrogen) atoms. The third-order valence-electron chi connectivity index (χ3n) is 4.31. The minimum atomic E-state index is -0.0625. The first-order valence-corrected chi connectivity index (χ1v) is 11.1. The van der Waals surface area contributed by atoms with Gasteiger partial charge in [-0.15, -0.1) is 23.5 Å². The van der Waals surface area contributed by atoms with Crippen LogP contribution in [-0.4, -0.2) is 36.4 Å². The summed E-state index contributed by atoms with van der Waals surface area (Å²) in [5.74, 6) is 1.67. The normalized spacial score (nSPS) is 13.1. The fourth-order valence-electron chi connectivity index (χ4n) is 2.87. The summed E-state index contributed by atoms with van der Waals surface area (Å²) < 4.78 is 0. The highest BCUT2D eigenvalue weighted by Crippen LogP contribution is 2.34. The van der Waals surface area contributed by atoms with Crippen molar-refractivity contribution in [2.24, 2.45) is 0 Å². The smallest absolute Gasteiger partial charge is 0.227 e. The van der Waals surface area contributed by atoms with Gasteiger partial charge in [-0.3, -0.25) is 9.59 Å². The number of benzene rings is 2. The lowest BCUT2D eigenvalue weighted by Crippen LogP contribution is -2.36. The van der Waals surface area contributed by atoms with Crippen LogP contribution in [0.4, 0.5) is 5.69 Å². The van der Waals surface area contributed by atoms with Gasteiger partial charge in [0.05, 0.1) is 5.69 Å². The predicted molar refractivity (Wildman–Crippen MR) is 114 cm³/mol. The zero-order chi connectivity index (χ0) is 19.1. The SMILES string of the molecule is Cc1ccc(SCCNC(=O)CCC(=O)N2CCSc3ccccc32)cc1. The maximum absolute atomic E-state index is 12.5. The quantitative estimate of drug-likeness (QED) is 0.561. The number of nitrogens with one attached hydrogen (secondary N) is 1. The molecule has 1 heterocycles. The van der Waals surface area contributed by atoms with E-state index in [1.165, 1.54) is 10.5 Å². The molecule has 0 fully saturated rings. The molecule has 4 nitrogen and oxygen atoms in total. The Balaban J connectivity index is 1.38. The van der Waals surface area contributed by atoms with Gasteiger partial charge >= 0.3 is 0 Å². The second-order valence-corrected chi connectivity index (χ2v) is 8.68. The largest absolute Gasteiger partial charge is 0.355 e. The summed E-state index contributed by atoms with van der Waals surface area (Å²) in [6, 6.07) is 16.3. The fourth-order valence-corrected chi connectivity index (χ4v) is 4.63. The van der Waals surface area contributed by atoms with E-state index in [1.54, 1.807) is 23.5 Å². The van der Waals surface area contributed by atoms with E-state index in [9.17, 15) is 9.59 Å². The Morgan fingerprint density at radius 3 is 2.70 bits per heavy atom. The van der Waals surface area contributed by atoms with Crippen molar-refractivity contribution in [3.63, 3.8) is 0 Å². The number of nitrogens with zero attached hydrogens (tertiary/aromatic N) is 1. The van der Waals surface area contributed by atoms with E-state index in [1.807, 2.05) is 29.2 Å². The Kier molecular flexibility index (Phi) is 7.24. The van der Waals surface area contributed by atoms with Crippen molar-refractivity contribution in [2.75, 3.05) is 29.5 Å². The molecule has 142 valence electrons. The van der Waals surface area contributed by atoms with Crippen molar-refractivity contribution in [2.45, 2.75) is 29.6 Å². The first-order valence-electron chi connectivity index (χ1n) is 9.12. The Morgan fingerprint density at radius 1 is 1.11 bits per heavy atom. The van der Waals surface area contributed by atoms with Crippen LogP contribution in [0, 0.1) is 6.92 Å². The van der Waals surface area contributed by atoms with E-state index >= 15 is 0 Å². The molecular weight excluding hydrogens is 376 g/mol. The van der Waals surface area contributed by atoms with Crippen LogP contribution < -0.4 is 10.2 Å². The van der Waals surface area contributed by atoms with Crippen LogP contribution in [0.1, 0.15) is 18.4 Å². The van der Waals surface area contributed by atoms with Gasteiger partial charge in [-0.05, 0) is 31.2 Å². The summed E-state index contributed by atoms with van der Waals surface area (Å²) in [5, 5.41) is 2.91. The van der Waals surface area contributed by atoms with E-state index in [0.717, 1.165) is 22.1 Å². The molecule has 0 bridgehead atoms. The predicted octanol–water partition coefficient (Wildman–Crippen LogP) is 4.12. The molecular formula is C21H24N2O2S2. The van der Waals surface area contributed by atoms with Gasteiger partial charge < -0.3 is 10.2 Å². The molecule has 0 aromatic heterocycles. The number of para-hydroxylation sites is 1. The maximum Gasteiger partial charge on any atom is 0.227 e.